The third kappa shape index (κ3) is 4.39. The van der Waals surface area contributed by atoms with Crippen LogP contribution in [0.5, 0.6) is 0 Å². The van der Waals surface area contributed by atoms with Crippen LogP contribution in [0.1, 0.15) is 25.7 Å². The van der Waals surface area contributed by atoms with Gasteiger partial charge < -0.3 is 4.74 Å². The van der Waals surface area contributed by atoms with Crippen LogP contribution in [-0.4, -0.2) is 44.0 Å². The lowest BCUT2D eigenvalue weighted by Crippen LogP contribution is -2.32. The summed E-state index contributed by atoms with van der Waals surface area (Å²) in [5.74, 6) is 0.199. The van der Waals surface area contributed by atoms with Gasteiger partial charge in [-0.15, -0.1) is 0 Å². The number of Topliss-reactive ketones (excluding diaryl/α,β-unsaturated/α-hetero) is 1. The molecule has 0 unspecified atom stereocenters. The number of likely N-dealkylation sites (tertiary alicyclic amines) is 1. The number of hydrogen-bond acceptors (Lipinski definition) is 3. The van der Waals surface area contributed by atoms with E-state index in [0.29, 0.717) is 6.54 Å². The van der Waals surface area contributed by atoms with Gasteiger partial charge in [0.1, 0.15) is 6.61 Å². The van der Waals surface area contributed by atoms with Crippen molar-refractivity contribution in [3.05, 3.63) is 0 Å². The Labute approximate surface area is 80.1 Å². The molecular formula is C10H19NO2. The minimum absolute atomic E-state index is 0.199. The van der Waals surface area contributed by atoms with Crippen molar-refractivity contribution in [2.45, 2.75) is 25.7 Å². The van der Waals surface area contributed by atoms with Crippen LogP contribution in [0.3, 0.4) is 0 Å². The molecule has 0 aromatic carbocycles. The first-order valence-electron chi connectivity index (χ1n) is 5.06. The summed E-state index contributed by atoms with van der Waals surface area (Å²) < 4.78 is 4.80. The van der Waals surface area contributed by atoms with Gasteiger partial charge in [0.15, 0.2) is 5.78 Å². The zero-order valence-electron chi connectivity index (χ0n) is 8.42. The van der Waals surface area contributed by atoms with Gasteiger partial charge in [-0.1, -0.05) is 12.8 Å². The number of ether oxygens (including phenoxy) is 1. The molecule has 0 aromatic heterocycles. The van der Waals surface area contributed by atoms with Crippen LogP contribution in [0.2, 0.25) is 0 Å². The Morgan fingerprint density at radius 3 is 2.38 bits per heavy atom. The van der Waals surface area contributed by atoms with E-state index in [9.17, 15) is 4.79 Å². The summed E-state index contributed by atoms with van der Waals surface area (Å²) in [7, 11) is 1.57. The lowest BCUT2D eigenvalue weighted by molar-refractivity contribution is -0.123. The van der Waals surface area contributed by atoms with Crippen molar-refractivity contribution in [2.75, 3.05) is 33.4 Å². The van der Waals surface area contributed by atoms with E-state index >= 15 is 0 Å². The van der Waals surface area contributed by atoms with Gasteiger partial charge in [-0.2, -0.15) is 0 Å². The summed E-state index contributed by atoms with van der Waals surface area (Å²) in [5, 5.41) is 0. The fraction of sp³-hybridized carbons (Fsp3) is 0.900. The molecule has 0 atom stereocenters. The molecule has 1 saturated heterocycles. The molecule has 76 valence electrons. The third-order valence-electron chi connectivity index (χ3n) is 2.40. The summed E-state index contributed by atoms with van der Waals surface area (Å²) >= 11 is 0. The molecule has 0 amide bonds. The van der Waals surface area contributed by atoms with Crippen LogP contribution < -0.4 is 0 Å². The maximum Gasteiger partial charge on any atom is 0.172 e. The van der Waals surface area contributed by atoms with Crippen molar-refractivity contribution < 1.29 is 9.53 Å². The molecule has 3 nitrogen and oxygen atoms in total. The molecule has 1 aliphatic heterocycles. The summed E-state index contributed by atoms with van der Waals surface area (Å²) in [5.41, 5.74) is 0. The van der Waals surface area contributed by atoms with Crippen molar-refractivity contribution in [1.82, 2.24) is 4.90 Å². The van der Waals surface area contributed by atoms with E-state index < -0.39 is 0 Å². The van der Waals surface area contributed by atoms with Crippen molar-refractivity contribution in [2.24, 2.45) is 0 Å². The SMILES string of the molecule is COCC(=O)CN1CCCCCC1. The van der Waals surface area contributed by atoms with Crippen LogP contribution in [0.15, 0.2) is 0 Å². The van der Waals surface area contributed by atoms with Crippen LogP contribution in [0, 0.1) is 0 Å². The lowest BCUT2D eigenvalue weighted by Gasteiger charge is -2.18. The number of methoxy groups -OCH3 is 1. The fourth-order valence-electron chi connectivity index (χ4n) is 1.75. The first-order valence-corrected chi connectivity index (χ1v) is 5.06. The van der Waals surface area contributed by atoms with Crippen LogP contribution in [-0.2, 0) is 9.53 Å². The van der Waals surface area contributed by atoms with Crippen molar-refractivity contribution in [1.29, 1.82) is 0 Å². The average molecular weight is 185 g/mol. The first-order chi connectivity index (χ1) is 6.33. The molecule has 1 rings (SSSR count). The van der Waals surface area contributed by atoms with E-state index in [2.05, 4.69) is 4.90 Å². The summed E-state index contributed by atoms with van der Waals surface area (Å²) in [6.07, 6.45) is 5.10. The van der Waals surface area contributed by atoms with Gasteiger partial charge in [0.05, 0.1) is 6.54 Å². The molecule has 0 N–H and O–H groups in total. The van der Waals surface area contributed by atoms with Gasteiger partial charge in [0.25, 0.3) is 0 Å². The topological polar surface area (TPSA) is 29.5 Å². The standard InChI is InChI=1S/C10H19NO2/c1-13-9-10(12)8-11-6-4-2-3-5-7-11/h2-9H2,1H3. The number of rotatable bonds is 4. The number of nitrogens with zero attached hydrogens (tertiary/aromatic N) is 1. The predicted octanol–water partition coefficient (Wildman–Crippen LogP) is 1.08. The summed E-state index contributed by atoms with van der Waals surface area (Å²) in [6.45, 7) is 3.00. The van der Waals surface area contributed by atoms with E-state index in [4.69, 9.17) is 4.74 Å². The van der Waals surface area contributed by atoms with Crippen molar-refractivity contribution in [3.63, 3.8) is 0 Å². The van der Waals surface area contributed by atoms with E-state index in [1.165, 1.54) is 25.7 Å². The minimum atomic E-state index is 0.199. The summed E-state index contributed by atoms with van der Waals surface area (Å²) in [6, 6.07) is 0. The zero-order chi connectivity index (χ0) is 9.52. The molecule has 1 fully saturated rings. The fourth-order valence-corrected chi connectivity index (χ4v) is 1.75. The molecule has 0 aliphatic carbocycles. The second-order valence-electron chi connectivity index (χ2n) is 3.66. The minimum Gasteiger partial charge on any atom is -0.377 e. The highest BCUT2D eigenvalue weighted by atomic mass is 16.5. The van der Waals surface area contributed by atoms with Crippen LogP contribution in [0.4, 0.5) is 0 Å². The number of ketones is 1. The largest absolute Gasteiger partial charge is 0.377 e. The third-order valence-corrected chi connectivity index (χ3v) is 2.40. The Hall–Kier alpha value is -0.410. The quantitative estimate of drug-likeness (QED) is 0.656. The van der Waals surface area contributed by atoms with Gasteiger partial charge >= 0.3 is 0 Å². The molecule has 3 heteroatoms. The van der Waals surface area contributed by atoms with Crippen molar-refractivity contribution in [3.8, 4) is 0 Å². The maximum atomic E-state index is 11.3. The second kappa shape index (κ2) is 6.11. The molecule has 13 heavy (non-hydrogen) atoms. The second-order valence-corrected chi connectivity index (χ2v) is 3.66. The van der Waals surface area contributed by atoms with Gasteiger partial charge in [-0.25, -0.2) is 0 Å². The van der Waals surface area contributed by atoms with Gasteiger partial charge in [0.2, 0.25) is 0 Å². The monoisotopic (exact) mass is 185 g/mol. The molecule has 0 aromatic rings. The van der Waals surface area contributed by atoms with E-state index in [1.807, 2.05) is 0 Å². The molecule has 1 aliphatic rings. The lowest BCUT2D eigenvalue weighted by atomic mass is 10.2. The molecular weight excluding hydrogens is 166 g/mol. The van der Waals surface area contributed by atoms with Gasteiger partial charge in [-0.3, -0.25) is 9.69 Å². The molecule has 1 heterocycles. The van der Waals surface area contributed by atoms with E-state index in [1.54, 1.807) is 7.11 Å². The van der Waals surface area contributed by atoms with Gasteiger partial charge in [0, 0.05) is 7.11 Å². The number of carbonyl (C=O) groups is 1. The molecule has 0 saturated carbocycles. The first kappa shape index (κ1) is 10.7. The Morgan fingerprint density at radius 1 is 1.23 bits per heavy atom. The zero-order valence-corrected chi connectivity index (χ0v) is 8.42. The molecule has 0 spiro atoms. The smallest absolute Gasteiger partial charge is 0.172 e. The van der Waals surface area contributed by atoms with Gasteiger partial charge in [-0.05, 0) is 25.9 Å². The number of hydrogen-bond donors (Lipinski definition) is 0. The Bertz CT molecular complexity index is 151. The Morgan fingerprint density at radius 2 is 1.85 bits per heavy atom. The normalized spacial score (nSPS) is 19.8. The molecule has 0 bridgehead atoms. The number of carbonyl (C=O) groups excluding carboxylic acids is 1. The highest BCUT2D eigenvalue weighted by molar-refractivity contribution is 5.81. The highest BCUT2D eigenvalue weighted by Crippen LogP contribution is 2.08. The Kier molecular flexibility index (Phi) is 5.01. The van der Waals surface area contributed by atoms with E-state index in [0.717, 1.165) is 13.1 Å². The predicted molar refractivity (Wildman–Crippen MR) is 51.8 cm³/mol. The molecule has 0 radical (unpaired) electrons. The van der Waals surface area contributed by atoms with Crippen molar-refractivity contribution >= 4 is 5.78 Å². The average Bonchev–Trinajstić information content (AvgIpc) is 2.33. The van der Waals surface area contributed by atoms with Crippen LogP contribution in [0.25, 0.3) is 0 Å². The highest BCUT2D eigenvalue weighted by Gasteiger charge is 2.12. The van der Waals surface area contributed by atoms with E-state index in [-0.39, 0.29) is 12.4 Å². The Balaban J connectivity index is 2.21. The van der Waals surface area contributed by atoms with Crippen LogP contribution >= 0.6 is 0 Å². The maximum absolute atomic E-state index is 11.3. The summed E-state index contributed by atoms with van der Waals surface area (Å²) in [4.78, 5) is 13.5.